The number of ether oxygens (including phenoxy) is 2. The molecular weight excluding hydrogens is 440 g/mol. The van der Waals surface area contributed by atoms with E-state index in [1.54, 1.807) is 0 Å². The van der Waals surface area contributed by atoms with Crippen LogP contribution in [-0.4, -0.2) is 13.2 Å². The molecule has 1 rings (SSSR count). The molecule has 0 N–H and O–H groups in total. The summed E-state index contributed by atoms with van der Waals surface area (Å²) in [5.74, 6) is 2.00. The van der Waals surface area contributed by atoms with E-state index in [2.05, 4.69) is 39.0 Å². The van der Waals surface area contributed by atoms with Gasteiger partial charge in [0.1, 0.15) is 11.5 Å². The Labute approximate surface area is 226 Å². The lowest BCUT2D eigenvalue weighted by Crippen LogP contribution is -2.01. The van der Waals surface area contributed by atoms with Gasteiger partial charge in [0.05, 0.1) is 13.2 Å². The first kappa shape index (κ1) is 32.8. The first-order valence-corrected chi connectivity index (χ1v) is 16.2. The van der Waals surface area contributed by atoms with Crippen molar-refractivity contribution >= 4 is 0 Å². The van der Waals surface area contributed by atoms with Crippen LogP contribution < -0.4 is 9.47 Å². The van der Waals surface area contributed by atoms with E-state index in [0.717, 1.165) is 44.0 Å². The van der Waals surface area contributed by atoms with Gasteiger partial charge in [-0.15, -0.1) is 0 Å². The lowest BCUT2D eigenvalue weighted by molar-refractivity contribution is 0.289. The van der Waals surface area contributed by atoms with Gasteiger partial charge in [-0.1, -0.05) is 143 Å². The van der Waals surface area contributed by atoms with Gasteiger partial charge in [0.2, 0.25) is 0 Å². The molecule has 0 aromatic heterocycles. The van der Waals surface area contributed by atoms with E-state index in [1.165, 1.54) is 134 Å². The molecule has 0 aliphatic carbocycles. The molecule has 210 valence electrons. The third-order valence-electron chi connectivity index (χ3n) is 7.29. The maximum atomic E-state index is 6.17. The van der Waals surface area contributed by atoms with E-state index < -0.39 is 0 Å². The van der Waals surface area contributed by atoms with E-state index in [4.69, 9.17) is 9.47 Å². The van der Waals surface area contributed by atoms with E-state index in [-0.39, 0.29) is 0 Å². The van der Waals surface area contributed by atoms with Gasteiger partial charge in [0.25, 0.3) is 0 Å². The lowest BCUT2D eigenvalue weighted by atomic mass is 10.1. The highest BCUT2D eigenvalue weighted by molar-refractivity contribution is 5.38. The Morgan fingerprint density at radius 3 is 1.08 bits per heavy atom. The Balaban J connectivity index is 2.21. The molecule has 0 fully saturated rings. The van der Waals surface area contributed by atoms with Crippen LogP contribution in [-0.2, 0) is 6.42 Å². The number of benzene rings is 1. The van der Waals surface area contributed by atoms with Gasteiger partial charge in [-0.2, -0.15) is 0 Å². The van der Waals surface area contributed by atoms with E-state index >= 15 is 0 Å². The zero-order valence-electron chi connectivity index (χ0n) is 24.7. The van der Waals surface area contributed by atoms with Crippen molar-refractivity contribution in [3.8, 4) is 11.5 Å². The number of hydrogen-bond donors (Lipinski definition) is 0. The molecule has 0 bridgehead atoms. The predicted molar refractivity (Wildman–Crippen MR) is 160 cm³/mol. The second-order valence-electron chi connectivity index (χ2n) is 11.0. The van der Waals surface area contributed by atoms with Gasteiger partial charge in [-0.3, -0.25) is 0 Å². The normalized spacial score (nSPS) is 11.2. The van der Waals surface area contributed by atoms with Crippen LogP contribution in [0.1, 0.15) is 168 Å². The second kappa shape index (κ2) is 25.5. The van der Waals surface area contributed by atoms with Crippen LogP contribution in [0.5, 0.6) is 11.5 Å². The van der Waals surface area contributed by atoms with Crippen LogP contribution >= 0.6 is 0 Å². The van der Waals surface area contributed by atoms with Gasteiger partial charge in [0.15, 0.2) is 0 Å². The Kier molecular flexibility index (Phi) is 23.2. The fraction of sp³-hybridized carbons (Fsp3) is 0.824. The van der Waals surface area contributed by atoms with Crippen molar-refractivity contribution < 1.29 is 9.47 Å². The molecular formula is C34H62O2. The summed E-state index contributed by atoms with van der Waals surface area (Å²) >= 11 is 0. The zero-order chi connectivity index (χ0) is 25.9. The molecule has 0 aliphatic heterocycles. The molecule has 2 heteroatoms. The molecule has 2 nitrogen and oxygen atoms in total. The number of unbranched alkanes of at least 4 members (excludes halogenated alkanes) is 19. The number of hydrogen-bond acceptors (Lipinski definition) is 2. The van der Waals surface area contributed by atoms with Crippen molar-refractivity contribution in [2.45, 2.75) is 168 Å². The van der Waals surface area contributed by atoms with Crippen LogP contribution in [0, 0.1) is 0 Å². The van der Waals surface area contributed by atoms with Crippen LogP contribution in [0.3, 0.4) is 0 Å². The van der Waals surface area contributed by atoms with Crippen LogP contribution in [0.4, 0.5) is 0 Å². The van der Waals surface area contributed by atoms with Gasteiger partial charge in [-0.25, -0.2) is 0 Å². The molecule has 0 amide bonds. The molecule has 1 aromatic carbocycles. The van der Waals surface area contributed by atoms with E-state index in [9.17, 15) is 0 Å². The quantitative estimate of drug-likeness (QED) is 0.111. The minimum atomic E-state index is 0.825. The molecule has 1 aromatic rings. The summed E-state index contributed by atoms with van der Waals surface area (Å²) in [5, 5.41) is 0. The smallest absolute Gasteiger partial charge is 0.123 e. The highest BCUT2D eigenvalue weighted by atomic mass is 16.5. The van der Waals surface area contributed by atoms with Gasteiger partial charge < -0.3 is 9.47 Å². The summed E-state index contributed by atoms with van der Waals surface area (Å²) in [5.41, 5.74) is 1.36. The van der Waals surface area contributed by atoms with Crippen molar-refractivity contribution in [1.82, 2.24) is 0 Å². The third kappa shape index (κ3) is 19.9. The van der Waals surface area contributed by atoms with E-state index in [1.807, 2.05) is 0 Å². The fourth-order valence-corrected chi connectivity index (χ4v) is 4.88. The Morgan fingerprint density at radius 1 is 0.389 bits per heavy atom. The highest BCUT2D eigenvalue weighted by Crippen LogP contribution is 2.25. The van der Waals surface area contributed by atoms with Crippen molar-refractivity contribution in [1.29, 1.82) is 0 Å². The molecule has 0 spiro atoms. The Morgan fingerprint density at radius 2 is 0.722 bits per heavy atom. The summed E-state index contributed by atoms with van der Waals surface area (Å²) < 4.78 is 12.3. The predicted octanol–water partition coefficient (Wildman–Crippen LogP) is 11.6. The van der Waals surface area contributed by atoms with Crippen LogP contribution in [0.25, 0.3) is 0 Å². The van der Waals surface area contributed by atoms with Crippen molar-refractivity contribution in [3.05, 3.63) is 23.8 Å². The lowest BCUT2D eigenvalue weighted by Gasteiger charge is -2.13. The summed E-state index contributed by atoms with van der Waals surface area (Å²) in [7, 11) is 0. The summed E-state index contributed by atoms with van der Waals surface area (Å²) in [6, 6.07) is 6.58. The monoisotopic (exact) mass is 502 g/mol. The topological polar surface area (TPSA) is 18.5 Å². The maximum absolute atomic E-state index is 6.17. The number of rotatable bonds is 27. The second-order valence-corrected chi connectivity index (χ2v) is 11.0. The molecule has 0 heterocycles. The standard InChI is InChI=1S/C34H62O2/c1-4-7-10-12-14-16-18-20-22-24-27-35-33-29-32(26-9-6-3)30-34(31-33)36-28-25-23-21-19-17-15-13-11-8-5-2/h29-31H,4-28H2,1-3H3. The van der Waals surface area contributed by atoms with Gasteiger partial charge >= 0.3 is 0 Å². The maximum Gasteiger partial charge on any atom is 0.123 e. The third-order valence-corrected chi connectivity index (χ3v) is 7.29. The largest absolute Gasteiger partial charge is 0.493 e. The first-order valence-electron chi connectivity index (χ1n) is 16.2. The molecule has 0 saturated heterocycles. The van der Waals surface area contributed by atoms with Crippen molar-refractivity contribution in [2.75, 3.05) is 13.2 Å². The molecule has 0 unspecified atom stereocenters. The SMILES string of the molecule is CCCCCCCCCCCCOc1cc(CCCC)cc(OCCCCCCCCCCCC)c1. The molecule has 0 atom stereocenters. The van der Waals surface area contributed by atoms with Crippen molar-refractivity contribution in [2.24, 2.45) is 0 Å². The number of aryl methyl sites for hydroxylation is 1. The minimum Gasteiger partial charge on any atom is -0.493 e. The molecule has 0 radical (unpaired) electrons. The zero-order valence-corrected chi connectivity index (χ0v) is 24.7. The molecule has 0 aliphatic rings. The Bertz CT molecular complexity index is 538. The van der Waals surface area contributed by atoms with Crippen LogP contribution in [0.2, 0.25) is 0 Å². The molecule has 0 saturated carbocycles. The van der Waals surface area contributed by atoms with Crippen LogP contribution in [0.15, 0.2) is 18.2 Å². The summed E-state index contributed by atoms with van der Waals surface area (Å²) in [6.07, 6.45) is 30.7. The summed E-state index contributed by atoms with van der Waals surface area (Å²) in [6.45, 7) is 8.48. The van der Waals surface area contributed by atoms with E-state index in [0.29, 0.717) is 0 Å². The highest BCUT2D eigenvalue weighted by Gasteiger charge is 2.05. The average Bonchev–Trinajstić information content (AvgIpc) is 2.89. The Hall–Kier alpha value is -1.18. The fourth-order valence-electron chi connectivity index (χ4n) is 4.88. The first-order chi connectivity index (χ1) is 17.8. The van der Waals surface area contributed by atoms with Crippen molar-refractivity contribution in [3.63, 3.8) is 0 Å². The average molecular weight is 503 g/mol. The van der Waals surface area contributed by atoms with Gasteiger partial charge in [0, 0.05) is 6.07 Å². The van der Waals surface area contributed by atoms with Gasteiger partial charge in [-0.05, 0) is 43.4 Å². The molecule has 36 heavy (non-hydrogen) atoms. The summed E-state index contributed by atoms with van der Waals surface area (Å²) in [4.78, 5) is 0. The minimum absolute atomic E-state index is 0.825.